The molecule has 21 nitrogen and oxygen atoms in total. The molecule has 0 radical (unpaired) electrons. The Hall–Kier alpha value is -7.41. The topological polar surface area (TPSA) is 269 Å². The highest BCUT2D eigenvalue weighted by Crippen LogP contribution is 2.44. The number of likely N-dealkylation sites (tertiary alicyclic amines) is 1. The number of β-amino-alcohol motifs (C(OH)–C–C–N with tert-alkyl or cyclic N) is 1. The number of carbonyl (C=O) groups excluding carboxylic acids is 5. The number of hydrogen-bond acceptors (Lipinski definition) is 18. The monoisotopic (exact) mass is 1610 g/mol. The Kier molecular flexibility index (Phi) is 29.7. The normalized spacial score (nSPS) is 19.2. The molecule has 1 aliphatic carbocycles. The van der Waals surface area contributed by atoms with E-state index in [4.69, 9.17) is 16.3 Å². The summed E-state index contributed by atoms with van der Waals surface area (Å²) < 4.78 is 105. The van der Waals surface area contributed by atoms with Gasteiger partial charge in [0.2, 0.25) is 23.6 Å². The van der Waals surface area contributed by atoms with Crippen molar-refractivity contribution < 1.29 is 63.8 Å². The predicted molar refractivity (Wildman–Crippen MR) is 427 cm³/mol. The minimum absolute atomic E-state index is 0.00680. The molecule has 1 aromatic heterocycles. The lowest BCUT2D eigenvalue weighted by Gasteiger charge is -2.40. The van der Waals surface area contributed by atoms with Crippen LogP contribution in [-0.4, -0.2) is 185 Å². The number of aryl methyl sites for hydroxylation is 1. The number of sulfonamides is 1. The number of thiazole rings is 1. The summed E-state index contributed by atoms with van der Waals surface area (Å²) >= 11 is 9.35. The lowest BCUT2D eigenvalue weighted by atomic mass is 9.70. The van der Waals surface area contributed by atoms with Crippen molar-refractivity contribution >= 4 is 101 Å². The lowest BCUT2D eigenvalue weighted by Crippen LogP contribution is -2.57. The number of anilines is 2. The SMILES string of the molecule is Cc1ncsc1-c1ccc([C@H](C)NC(=O)[C@@H]2C[C@@H](O)CN2C(=O)[C@@H](NC(=O)CCCCCCCCCCNC(=O)C2(C)CCC(c3ccc(Cl)cc3)=C(CN3CCN(c4ccc(C(=O)NS(=O)(=O)c5ccc(NC(CCN6CCOCC6)CSc6ccccc6)c(S(=O)(=O)C(F)(F)F)c5)cc4)CC3)C2)C(C)(C)C)cc1. The van der Waals surface area contributed by atoms with E-state index in [1.165, 1.54) is 39.9 Å². The van der Waals surface area contributed by atoms with Gasteiger partial charge in [-0.3, -0.25) is 33.8 Å². The van der Waals surface area contributed by atoms with Crippen LogP contribution < -0.4 is 30.9 Å². The van der Waals surface area contributed by atoms with Crippen molar-refractivity contribution in [2.24, 2.45) is 10.8 Å². The maximum absolute atomic E-state index is 14.4. The van der Waals surface area contributed by atoms with Gasteiger partial charge in [0, 0.05) is 111 Å². The van der Waals surface area contributed by atoms with Crippen LogP contribution in [0.2, 0.25) is 5.02 Å². The number of amides is 5. The molecule has 29 heteroatoms. The van der Waals surface area contributed by atoms with Crippen LogP contribution in [-0.2, 0) is 43.8 Å². The number of aliphatic hydroxyl groups is 1. The summed E-state index contributed by atoms with van der Waals surface area (Å²) in [6.07, 6.45) is 9.16. The average Bonchev–Trinajstić information content (AvgIpc) is 0.883. The Morgan fingerprint density at radius 3 is 2.09 bits per heavy atom. The first-order valence-electron chi connectivity index (χ1n) is 38.0. The van der Waals surface area contributed by atoms with Crippen LogP contribution in [0, 0.1) is 17.8 Å². The van der Waals surface area contributed by atoms with Crippen molar-refractivity contribution in [1.82, 2.24) is 40.4 Å². The molecular formula is C81H104ClF3N10O11S4. The number of hydrogen-bond donors (Lipinski definition) is 6. The van der Waals surface area contributed by atoms with Crippen LogP contribution in [0.1, 0.15) is 158 Å². The van der Waals surface area contributed by atoms with Crippen LogP contribution in [0.4, 0.5) is 24.5 Å². The standard InChI is InChI=1S/C81H104ClF3N10O11S4/c1-55(57-21-23-59(24-22-57)73-56(2)87-54-108-73)88-76(99)70-48-65(96)52-95(70)77(100)74(79(3,4)5)90-72(97)20-16-11-9-7-8-10-12-17-38-86-78(101)80(6)37-35-68(58-25-29-62(82)30-26-58)61(50-80)51-93-40-42-94(43-41-93)64-31-27-60(28-32-64)75(98)91-110(104,105)67-33-34-69(71(49-67)109(102,103)81(83,84)85)89-63(36-39-92-44-46-106-47-45-92)53-107-66-18-14-13-15-19-66/h13-15,18-19,21-34,49,54-55,63,65,70,74,89,96H,7-12,16-17,20,35-48,50-53H2,1-6H3,(H,86,101)(H,88,99)(H,90,97)(H,91,98)/t55-,63?,65+,70-,74+,80?/m0/s1. The third-order valence-electron chi connectivity index (χ3n) is 21.2. The summed E-state index contributed by atoms with van der Waals surface area (Å²) in [5, 5.41) is 23.7. The van der Waals surface area contributed by atoms with Crippen molar-refractivity contribution in [3.63, 3.8) is 0 Å². The summed E-state index contributed by atoms with van der Waals surface area (Å²) in [6, 6.07) is 31.0. The molecule has 4 aliphatic rings. The zero-order chi connectivity index (χ0) is 79.0. The van der Waals surface area contributed by atoms with Crippen molar-refractivity contribution in [3.05, 3.63) is 160 Å². The number of thioether (sulfide) groups is 1. The number of piperazine rings is 1. The molecule has 5 aromatic carbocycles. The molecule has 10 rings (SSSR count). The molecule has 3 saturated heterocycles. The number of rotatable bonds is 34. The van der Waals surface area contributed by atoms with Crippen LogP contribution in [0.5, 0.6) is 0 Å². The van der Waals surface area contributed by atoms with Crippen molar-refractivity contribution in [1.29, 1.82) is 0 Å². The number of benzene rings is 5. The highest BCUT2D eigenvalue weighted by molar-refractivity contribution is 7.99. The fourth-order valence-corrected chi connectivity index (χ4v) is 18.6. The van der Waals surface area contributed by atoms with Crippen molar-refractivity contribution in [2.75, 3.05) is 94.6 Å². The molecule has 0 bridgehead atoms. The molecule has 2 unspecified atom stereocenters. The van der Waals surface area contributed by atoms with Gasteiger partial charge in [-0.05, 0) is 147 Å². The molecule has 3 fully saturated rings. The summed E-state index contributed by atoms with van der Waals surface area (Å²) in [5.41, 5.74) is 1.36. The number of carbonyl (C=O) groups is 5. The number of unbranched alkanes of at least 4 members (excludes halogenated alkanes) is 7. The average molecular weight is 1610 g/mol. The summed E-state index contributed by atoms with van der Waals surface area (Å²) in [6.45, 7) is 18.2. The molecular weight excluding hydrogens is 1510 g/mol. The number of aliphatic hydroxyl groups excluding tert-OH is 1. The predicted octanol–water partition coefficient (Wildman–Crippen LogP) is 13.2. The van der Waals surface area contributed by atoms with Gasteiger partial charge in [0.05, 0.1) is 57.4 Å². The quantitative estimate of drug-likeness (QED) is 0.0162. The van der Waals surface area contributed by atoms with Crippen molar-refractivity contribution in [2.45, 2.75) is 182 Å². The Labute approximate surface area is 658 Å². The van der Waals surface area contributed by atoms with E-state index in [2.05, 4.69) is 41.0 Å². The van der Waals surface area contributed by atoms with Gasteiger partial charge >= 0.3 is 5.51 Å². The molecule has 0 spiro atoms. The molecule has 110 heavy (non-hydrogen) atoms. The highest BCUT2D eigenvalue weighted by atomic mass is 35.5. The van der Waals surface area contributed by atoms with E-state index < -0.39 is 87.7 Å². The maximum Gasteiger partial charge on any atom is 0.501 e. The van der Waals surface area contributed by atoms with E-state index in [0.29, 0.717) is 121 Å². The lowest BCUT2D eigenvalue weighted by molar-refractivity contribution is -0.144. The number of allylic oxidation sites excluding steroid dienone is 1. The van der Waals surface area contributed by atoms with Gasteiger partial charge in [-0.15, -0.1) is 23.1 Å². The number of aromatic nitrogens is 1. The van der Waals surface area contributed by atoms with Gasteiger partial charge in [0.25, 0.3) is 25.8 Å². The minimum Gasteiger partial charge on any atom is -0.391 e. The third-order valence-corrected chi connectivity index (χ3v) is 26.5. The van der Waals surface area contributed by atoms with Crippen LogP contribution in [0.3, 0.4) is 0 Å². The van der Waals surface area contributed by atoms with Crippen LogP contribution in [0.25, 0.3) is 16.0 Å². The second-order valence-electron chi connectivity index (χ2n) is 30.6. The van der Waals surface area contributed by atoms with Gasteiger partial charge in [-0.1, -0.05) is 138 Å². The van der Waals surface area contributed by atoms with Gasteiger partial charge in [-0.2, -0.15) is 13.2 Å². The number of alkyl halides is 3. The Morgan fingerprint density at radius 2 is 1.45 bits per heavy atom. The van der Waals surface area contributed by atoms with Gasteiger partial charge in [-0.25, -0.2) is 26.5 Å². The fourth-order valence-electron chi connectivity index (χ4n) is 14.7. The molecule has 6 atom stereocenters. The van der Waals surface area contributed by atoms with Crippen LogP contribution in [0.15, 0.2) is 147 Å². The minimum atomic E-state index is -6.11. The molecule has 0 saturated carbocycles. The largest absolute Gasteiger partial charge is 0.501 e. The molecule has 596 valence electrons. The van der Waals surface area contributed by atoms with E-state index in [9.17, 15) is 59.1 Å². The Morgan fingerprint density at radius 1 is 0.791 bits per heavy atom. The zero-order valence-electron chi connectivity index (χ0n) is 63.5. The smallest absolute Gasteiger partial charge is 0.391 e. The Balaban J connectivity index is 0.649. The molecule has 6 aromatic rings. The van der Waals surface area contributed by atoms with Crippen molar-refractivity contribution in [3.8, 4) is 10.4 Å². The van der Waals surface area contributed by atoms with Gasteiger partial charge < -0.3 is 40.9 Å². The number of halogens is 4. The van der Waals surface area contributed by atoms with E-state index in [1.54, 1.807) is 23.5 Å². The number of nitrogens with one attached hydrogen (secondary N) is 5. The number of sulfone groups is 1. The fraction of sp³-hybridized carbons (Fsp3) is 0.506. The van der Waals surface area contributed by atoms with Gasteiger partial charge in [0.1, 0.15) is 17.0 Å². The number of nitrogens with zero attached hydrogens (tertiary/aromatic N) is 5. The Bertz CT molecular complexity index is 4390. The number of ether oxygens (including phenoxy) is 1. The molecule has 5 amide bonds. The first-order valence-corrected chi connectivity index (χ1v) is 43.2. The van der Waals surface area contributed by atoms with E-state index in [1.807, 2.05) is 131 Å². The zero-order valence-corrected chi connectivity index (χ0v) is 67.5. The summed E-state index contributed by atoms with van der Waals surface area (Å²) in [4.78, 5) is 81.5. The van der Waals surface area contributed by atoms with E-state index in [-0.39, 0.29) is 48.7 Å². The number of morpholine rings is 1. The third kappa shape index (κ3) is 22.9. The van der Waals surface area contributed by atoms with Gasteiger partial charge in [0.15, 0.2) is 0 Å². The summed E-state index contributed by atoms with van der Waals surface area (Å²) in [7, 11) is -11.0. The molecule has 3 aliphatic heterocycles. The summed E-state index contributed by atoms with van der Waals surface area (Å²) in [5.74, 6) is -1.69. The first-order chi connectivity index (χ1) is 52.3. The maximum atomic E-state index is 14.4. The van der Waals surface area contributed by atoms with E-state index >= 15 is 0 Å². The highest BCUT2D eigenvalue weighted by Gasteiger charge is 2.49. The second-order valence-corrected chi connectivity index (χ2v) is 36.6. The van der Waals surface area contributed by atoms with E-state index in [0.717, 1.165) is 94.9 Å². The second kappa shape index (κ2) is 38.4. The first kappa shape index (κ1) is 85.0. The molecule has 6 N–H and O–H groups in total. The van der Waals surface area contributed by atoms with Crippen LogP contribution >= 0.6 is 34.7 Å². The molecule has 4 heterocycles.